The van der Waals surface area contributed by atoms with E-state index in [1.807, 2.05) is 39.9 Å². The molecule has 152 valence electrons. The number of carbonyl (C=O) groups excluding carboxylic acids is 2. The minimum Gasteiger partial charge on any atom is -0.486 e. The minimum atomic E-state index is 0.0611. The molecule has 0 spiro atoms. The van der Waals surface area contributed by atoms with E-state index < -0.39 is 0 Å². The molecule has 1 aromatic carbocycles. The number of nitrogens with zero attached hydrogens (tertiary/aromatic N) is 3. The summed E-state index contributed by atoms with van der Waals surface area (Å²) in [4.78, 5) is 30.9. The fourth-order valence-electron chi connectivity index (χ4n) is 4.35. The predicted molar refractivity (Wildman–Crippen MR) is 104 cm³/mol. The summed E-state index contributed by atoms with van der Waals surface area (Å²) in [6.45, 7) is 4.14. The zero-order valence-corrected chi connectivity index (χ0v) is 16.6. The molecule has 0 unspecified atom stereocenters. The number of benzene rings is 1. The van der Waals surface area contributed by atoms with Crippen LogP contribution in [0, 0.1) is 0 Å². The van der Waals surface area contributed by atoms with Gasteiger partial charge in [0, 0.05) is 19.6 Å². The van der Waals surface area contributed by atoms with Gasteiger partial charge in [-0.1, -0.05) is 6.07 Å². The molecular weight excluding hydrogens is 358 g/mol. The van der Waals surface area contributed by atoms with Gasteiger partial charge in [0.2, 0.25) is 11.8 Å². The SMILES string of the molecule is CN(CC(=O)N1CCCC1)CC(=O)N1CCC[C@@H]1c1ccc2c(c1)OCCO2. The highest BCUT2D eigenvalue weighted by Crippen LogP contribution is 2.38. The molecule has 3 heterocycles. The van der Waals surface area contributed by atoms with Crippen LogP contribution in [0.15, 0.2) is 18.2 Å². The van der Waals surface area contributed by atoms with Crippen LogP contribution < -0.4 is 9.47 Å². The number of rotatable bonds is 5. The molecule has 0 N–H and O–H groups in total. The van der Waals surface area contributed by atoms with E-state index in [1.54, 1.807) is 0 Å². The second-order valence-corrected chi connectivity index (χ2v) is 7.91. The molecule has 0 aliphatic carbocycles. The van der Waals surface area contributed by atoms with Crippen LogP contribution in [0.5, 0.6) is 11.5 Å². The Morgan fingerprint density at radius 2 is 1.71 bits per heavy atom. The van der Waals surface area contributed by atoms with E-state index in [0.29, 0.717) is 19.8 Å². The number of hydrogen-bond donors (Lipinski definition) is 0. The lowest BCUT2D eigenvalue weighted by Crippen LogP contribution is -2.43. The Hall–Kier alpha value is -2.28. The molecule has 7 nitrogen and oxygen atoms in total. The van der Waals surface area contributed by atoms with Gasteiger partial charge in [0.15, 0.2) is 11.5 Å². The van der Waals surface area contributed by atoms with Crippen LogP contribution in [0.25, 0.3) is 0 Å². The first-order valence-electron chi connectivity index (χ1n) is 10.3. The Kier molecular flexibility index (Phi) is 5.71. The number of ether oxygens (including phenoxy) is 2. The third-order valence-electron chi connectivity index (χ3n) is 5.79. The third-order valence-corrected chi connectivity index (χ3v) is 5.79. The third kappa shape index (κ3) is 4.09. The van der Waals surface area contributed by atoms with Crippen molar-refractivity contribution in [3.8, 4) is 11.5 Å². The number of hydrogen-bond acceptors (Lipinski definition) is 5. The van der Waals surface area contributed by atoms with Crippen LogP contribution in [-0.2, 0) is 9.59 Å². The van der Waals surface area contributed by atoms with E-state index in [0.717, 1.165) is 62.4 Å². The van der Waals surface area contributed by atoms with Crippen molar-refractivity contribution < 1.29 is 19.1 Å². The van der Waals surface area contributed by atoms with Gasteiger partial charge in [-0.2, -0.15) is 0 Å². The quantitative estimate of drug-likeness (QED) is 0.769. The van der Waals surface area contributed by atoms with E-state index in [-0.39, 0.29) is 24.4 Å². The van der Waals surface area contributed by atoms with Crippen LogP contribution in [0.1, 0.15) is 37.3 Å². The normalized spacial score (nSPS) is 21.4. The Balaban J connectivity index is 1.37. The van der Waals surface area contributed by atoms with Crippen molar-refractivity contribution >= 4 is 11.8 Å². The summed E-state index contributed by atoms with van der Waals surface area (Å²) in [5.41, 5.74) is 1.09. The van der Waals surface area contributed by atoms with E-state index in [2.05, 4.69) is 0 Å². The molecule has 2 saturated heterocycles. The largest absolute Gasteiger partial charge is 0.486 e. The Morgan fingerprint density at radius 3 is 2.50 bits per heavy atom. The summed E-state index contributed by atoms with van der Waals surface area (Å²) >= 11 is 0. The van der Waals surface area contributed by atoms with E-state index >= 15 is 0 Å². The van der Waals surface area contributed by atoms with Gasteiger partial charge in [0.1, 0.15) is 13.2 Å². The summed E-state index contributed by atoms with van der Waals surface area (Å²) < 4.78 is 11.3. The lowest BCUT2D eigenvalue weighted by atomic mass is 10.0. The van der Waals surface area contributed by atoms with Crippen LogP contribution in [0.2, 0.25) is 0 Å². The Bertz CT molecular complexity index is 732. The molecule has 7 heteroatoms. The van der Waals surface area contributed by atoms with Gasteiger partial charge in [0.05, 0.1) is 19.1 Å². The van der Waals surface area contributed by atoms with Crippen LogP contribution in [0.3, 0.4) is 0 Å². The molecule has 0 aromatic heterocycles. The fourth-order valence-corrected chi connectivity index (χ4v) is 4.35. The number of amides is 2. The number of likely N-dealkylation sites (N-methyl/N-ethyl adjacent to an activating group) is 1. The summed E-state index contributed by atoms with van der Waals surface area (Å²) in [6, 6.07) is 6.03. The van der Waals surface area contributed by atoms with E-state index in [4.69, 9.17) is 9.47 Å². The van der Waals surface area contributed by atoms with Gasteiger partial charge in [0.25, 0.3) is 0 Å². The summed E-state index contributed by atoms with van der Waals surface area (Å²) in [5.74, 6) is 1.73. The second-order valence-electron chi connectivity index (χ2n) is 7.91. The molecule has 0 bridgehead atoms. The number of carbonyl (C=O) groups is 2. The van der Waals surface area contributed by atoms with Gasteiger partial charge in [-0.05, 0) is 50.4 Å². The lowest BCUT2D eigenvalue weighted by molar-refractivity contribution is -0.135. The van der Waals surface area contributed by atoms with Gasteiger partial charge in [-0.15, -0.1) is 0 Å². The molecule has 1 aromatic rings. The topological polar surface area (TPSA) is 62.3 Å². The maximum Gasteiger partial charge on any atom is 0.237 e. The molecule has 28 heavy (non-hydrogen) atoms. The second kappa shape index (κ2) is 8.39. The zero-order chi connectivity index (χ0) is 19.5. The average Bonchev–Trinajstić information content (AvgIpc) is 3.39. The summed E-state index contributed by atoms with van der Waals surface area (Å²) in [5, 5.41) is 0. The number of fused-ring (bicyclic) bond motifs is 1. The lowest BCUT2D eigenvalue weighted by Gasteiger charge is -2.28. The van der Waals surface area contributed by atoms with E-state index in [9.17, 15) is 9.59 Å². The van der Waals surface area contributed by atoms with Crippen molar-refractivity contribution in [2.75, 3.05) is 53.0 Å². The molecule has 4 rings (SSSR count). The molecule has 0 radical (unpaired) electrons. The average molecular weight is 387 g/mol. The monoisotopic (exact) mass is 387 g/mol. The maximum atomic E-state index is 12.9. The Morgan fingerprint density at radius 1 is 1.00 bits per heavy atom. The summed E-state index contributed by atoms with van der Waals surface area (Å²) in [7, 11) is 1.85. The van der Waals surface area contributed by atoms with Crippen molar-refractivity contribution in [2.45, 2.75) is 31.7 Å². The van der Waals surface area contributed by atoms with Crippen molar-refractivity contribution in [3.63, 3.8) is 0 Å². The zero-order valence-electron chi connectivity index (χ0n) is 16.6. The molecule has 1 atom stereocenters. The van der Waals surface area contributed by atoms with E-state index in [1.165, 1.54) is 0 Å². The fraction of sp³-hybridized carbons (Fsp3) is 0.619. The molecule has 2 fully saturated rings. The molecule has 0 saturated carbocycles. The highest BCUT2D eigenvalue weighted by atomic mass is 16.6. The number of likely N-dealkylation sites (tertiary alicyclic amines) is 2. The van der Waals surface area contributed by atoms with Gasteiger partial charge in [-0.3, -0.25) is 14.5 Å². The standard InChI is InChI=1S/C21H29N3O4/c1-22(14-20(25)23-8-2-3-9-23)15-21(26)24-10-4-5-17(24)16-6-7-18-19(13-16)28-12-11-27-18/h6-7,13,17H,2-5,8-12,14-15H2,1H3/t17-/m1/s1. The first-order valence-corrected chi connectivity index (χ1v) is 10.3. The van der Waals surface area contributed by atoms with Crippen molar-refractivity contribution in [1.82, 2.24) is 14.7 Å². The highest BCUT2D eigenvalue weighted by Gasteiger charge is 2.31. The molecular formula is C21H29N3O4. The van der Waals surface area contributed by atoms with Crippen molar-refractivity contribution in [1.29, 1.82) is 0 Å². The molecule has 3 aliphatic rings. The van der Waals surface area contributed by atoms with Gasteiger partial charge in [-0.25, -0.2) is 0 Å². The maximum absolute atomic E-state index is 12.9. The van der Waals surface area contributed by atoms with Crippen molar-refractivity contribution in [2.24, 2.45) is 0 Å². The first kappa shape index (κ1) is 19.1. The first-order chi connectivity index (χ1) is 13.6. The van der Waals surface area contributed by atoms with Gasteiger partial charge < -0.3 is 19.3 Å². The molecule has 2 amide bonds. The van der Waals surface area contributed by atoms with Crippen LogP contribution in [-0.4, -0.2) is 79.5 Å². The van der Waals surface area contributed by atoms with Crippen LogP contribution >= 0.6 is 0 Å². The van der Waals surface area contributed by atoms with Crippen LogP contribution in [0.4, 0.5) is 0 Å². The smallest absolute Gasteiger partial charge is 0.237 e. The minimum absolute atomic E-state index is 0.0611. The van der Waals surface area contributed by atoms with Gasteiger partial charge >= 0.3 is 0 Å². The predicted octanol–water partition coefficient (Wildman–Crippen LogP) is 1.68. The van der Waals surface area contributed by atoms with Crippen molar-refractivity contribution in [3.05, 3.63) is 23.8 Å². The molecule has 3 aliphatic heterocycles. The highest BCUT2D eigenvalue weighted by molar-refractivity contribution is 5.82. The summed E-state index contributed by atoms with van der Waals surface area (Å²) in [6.07, 6.45) is 4.10. The Labute approximate surface area is 166 Å².